The molecule has 0 aliphatic rings. The highest BCUT2D eigenvalue weighted by molar-refractivity contribution is 6.60. The van der Waals surface area contributed by atoms with Crippen LogP contribution in [0, 0.1) is 0 Å². The van der Waals surface area contributed by atoms with Crippen LogP contribution in [0.3, 0.4) is 0 Å². The Bertz CT molecular complexity index is 146. The quantitative estimate of drug-likeness (QED) is 0.454. The van der Waals surface area contributed by atoms with Gasteiger partial charge in [0.2, 0.25) is 0 Å². The smallest absolute Gasteiger partial charge is 0.376 e. The molecule has 0 unspecified atom stereocenters. The van der Waals surface area contributed by atoms with E-state index in [1.807, 2.05) is 0 Å². The zero-order valence-corrected chi connectivity index (χ0v) is 11.3. The van der Waals surface area contributed by atoms with Crippen LogP contribution in [0.1, 0.15) is 12.8 Å². The van der Waals surface area contributed by atoms with Crippen LogP contribution < -0.4 is 5.73 Å². The highest BCUT2D eigenvalue weighted by Crippen LogP contribution is 2.06. The molecule has 0 amide bonds. The molecule has 0 rings (SSSR count). The van der Waals surface area contributed by atoms with Crippen molar-refractivity contribution in [3.8, 4) is 0 Å². The Labute approximate surface area is 93.9 Å². The van der Waals surface area contributed by atoms with Gasteiger partial charge in [0.1, 0.15) is 0 Å². The van der Waals surface area contributed by atoms with E-state index in [2.05, 4.69) is 19.0 Å². The minimum absolute atomic E-state index is 0.327. The van der Waals surface area contributed by atoms with Gasteiger partial charge >= 0.3 is 8.80 Å². The second-order valence-electron chi connectivity index (χ2n) is 3.65. The van der Waals surface area contributed by atoms with E-state index in [0.717, 1.165) is 19.4 Å². The Balaban J connectivity index is 3.63. The van der Waals surface area contributed by atoms with E-state index in [9.17, 15) is 0 Å². The van der Waals surface area contributed by atoms with E-state index in [1.165, 1.54) is 0 Å². The third kappa shape index (κ3) is 6.24. The molecule has 0 aromatic heterocycles. The molecule has 15 heavy (non-hydrogen) atoms. The van der Waals surface area contributed by atoms with Crippen molar-refractivity contribution >= 4 is 8.80 Å². The number of nitrogens with two attached hydrogens (primary N) is 1. The number of nitrogens with zero attached hydrogens (tertiary/aromatic N) is 1. The minimum Gasteiger partial charge on any atom is -0.376 e. The van der Waals surface area contributed by atoms with Crippen molar-refractivity contribution in [2.75, 3.05) is 47.6 Å². The van der Waals surface area contributed by atoms with Gasteiger partial charge in [-0.25, -0.2) is 0 Å². The summed E-state index contributed by atoms with van der Waals surface area (Å²) in [4.78, 5) is 2.15. The monoisotopic (exact) mass is 236 g/mol. The lowest BCUT2D eigenvalue weighted by molar-refractivity contribution is 0.0974. The fourth-order valence-corrected chi connectivity index (χ4v) is 2.49. The molecule has 0 atom stereocenters. The van der Waals surface area contributed by atoms with Crippen molar-refractivity contribution in [1.82, 2.24) is 4.90 Å². The Morgan fingerprint density at radius 2 is 1.73 bits per heavy atom. The summed E-state index contributed by atoms with van der Waals surface area (Å²) in [6.07, 6.45) is 2.43. The number of unbranched alkanes of at least 4 members (excludes halogenated alkanes) is 1. The van der Waals surface area contributed by atoms with Crippen LogP contribution in [-0.4, -0.2) is 61.3 Å². The van der Waals surface area contributed by atoms with Crippen LogP contribution >= 0.6 is 0 Å². The van der Waals surface area contributed by atoms with Crippen molar-refractivity contribution in [3.05, 3.63) is 0 Å². The van der Waals surface area contributed by atoms with Crippen molar-refractivity contribution in [2.45, 2.75) is 12.8 Å². The number of rotatable bonds is 9. The molecular formula is C9H24N2O3Si. The van der Waals surface area contributed by atoms with E-state index in [-0.39, 0.29) is 0 Å². The first-order chi connectivity index (χ1) is 7.10. The first kappa shape index (κ1) is 15.0. The van der Waals surface area contributed by atoms with Crippen LogP contribution in [-0.2, 0) is 13.3 Å². The molecule has 0 aliphatic carbocycles. The molecule has 2 N–H and O–H groups in total. The maximum absolute atomic E-state index is 5.61. The van der Waals surface area contributed by atoms with Gasteiger partial charge in [-0.2, -0.15) is 0 Å². The van der Waals surface area contributed by atoms with Crippen molar-refractivity contribution in [2.24, 2.45) is 5.73 Å². The summed E-state index contributed by atoms with van der Waals surface area (Å²) in [5.74, 6) is 0. The normalized spacial score (nSPS) is 12.4. The van der Waals surface area contributed by atoms with Gasteiger partial charge in [0.25, 0.3) is 0 Å². The fraction of sp³-hybridized carbons (Fsp3) is 1.00. The predicted molar refractivity (Wildman–Crippen MR) is 62.6 cm³/mol. The zero-order valence-electron chi connectivity index (χ0n) is 10.3. The average Bonchev–Trinajstić information content (AvgIpc) is 2.24. The van der Waals surface area contributed by atoms with Gasteiger partial charge in [0.05, 0.1) is 6.17 Å². The molecule has 0 spiro atoms. The zero-order chi connectivity index (χ0) is 11.7. The highest BCUT2D eigenvalue weighted by atomic mass is 28.4. The fourth-order valence-electron chi connectivity index (χ4n) is 1.18. The third-order valence-corrected chi connectivity index (χ3v) is 4.58. The SMILES string of the molecule is CO[Si](CN)(OC)OCCCCN(C)C. The second-order valence-corrected chi connectivity index (χ2v) is 6.53. The molecule has 0 bridgehead atoms. The Morgan fingerprint density at radius 3 is 2.13 bits per heavy atom. The minimum atomic E-state index is -2.53. The highest BCUT2D eigenvalue weighted by Gasteiger charge is 2.37. The van der Waals surface area contributed by atoms with Gasteiger partial charge in [-0.1, -0.05) is 0 Å². The average molecular weight is 236 g/mol. The molecule has 0 saturated heterocycles. The number of hydrogen-bond acceptors (Lipinski definition) is 5. The maximum Gasteiger partial charge on any atom is 0.514 e. The van der Waals surface area contributed by atoms with Gasteiger partial charge in [-0.15, -0.1) is 0 Å². The topological polar surface area (TPSA) is 57.0 Å². The molecule has 5 nitrogen and oxygen atoms in total. The van der Waals surface area contributed by atoms with Gasteiger partial charge in [-0.05, 0) is 33.5 Å². The first-order valence-corrected chi connectivity index (χ1v) is 7.12. The van der Waals surface area contributed by atoms with E-state index >= 15 is 0 Å². The third-order valence-electron chi connectivity index (χ3n) is 2.19. The summed E-state index contributed by atoms with van der Waals surface area (Å²) < 4.78 is 16.1. The Morgan fingerprint density at radius 1 is 1.13 bits per heavy atom. The van der Waals surface area contributed by atoms with Crippen LogP contribution in [0.5, 0.6) is 0 Å². The molecule has 0 aliphatic heterocycles. The molecule has 0 fully saturated rings. The van der Waals surface area contributed by atoms with Gasteiger partial charge in [0.15, 0.2) is 0 Å². The molecular weight excluding hydrogens is 212 g/mol. The van der Waals surface area contributed by atoms with Crippen LogP contribution in [0.25, 0.3) is 0 Å². The van der Waals surface area contributed by atoms with Gasteiger partial charge in [0, 0.05) is 20.8 Å². The van der Waals surface area contributed by atoms with Gasteiger partial charge in [-0.3, -0.25) is 0 Å². The van der Waals surface area contributed by atoms with Crippen molar-refractivity contribution in [1.29, 1.82) is 0 Å². The van der Waals surface area contributed by atoms with Crippen molar-refractivity contribution < 1.29 is 13.3 Å². The summed E-state index contributed by atoms with van der Waals surface area (Å²) in [6.45, 7) is 1.72. The molecule has 0 heterocycles. The summed E-state index contributed by atoms with van der Waals surface area (Å²) >= 11 is 0. The maximum atomic E-state index is 5.61. The lowest BCUT2D eigenvalue weighted by atomic mass is 10.3. The Kier molecular flexibility index (Phi) is 8.21. The Hall–Kier alpha value is 0.0169. The lowest BCUT2D eigenvalue weighted by Gasteiger charge is -2.24. The summed E-state index contributed by atoms with van der Waals surface area (Å²) in [7, 11) is 4.76. The first-order valence-electron chi connectivity index (χ1n) is 5.19. The summed E-state index contributed by atoms with van der Waals surface area (Å²) in [5, 5.41) is 0. The predicted octanol–water partition coefficient (Wildman–Crippen LogP) is 0.0744. The molecule has 92 valence electrons. The van der Waals surface area contributed by atoms with Crippen molar-refractivity contribution in [3.63, 3.8) is 0 Å². The molecule has 6 heteroatoms. The van der Waals surface area contributed by atoms with E-state index in [1.54, 1.807) is 14.2 Å². The second kappa shape index (κ2) is 8.20. The van der Waals surface area contributed by atoms with E-state index in [0.29, 0.717) is 12.8 Å². The standard InChI is InChI=1S/C9H24N2O3Si/c1-11(2)7-5-6-8-14-15(9-10,12-3)13-4/h5-10H2,1-4H3. The van der Waals surface area contributed by atoms with Crippen LogP contribution in [0.15, 0.2) is 0 Å². The molecule has 0 radical (unpaired) electrons. The summed E-state index contributed by atoms with van der Waals surface area (Å²) in [5.41, 5.74) is 5.57. The largest absolute Gasteiger partial charge is 0.514 e. The van der Waals surface area contributed by atoms with Crippen LogP contribution in [0.4, 0.5) is 0 Å². The molecule has 0 aromatic carbocycles. The lowest BCUT2D eigenvalue weighted by Crippen LogP contribution is -2.51. The number of hydrogen-bond donors (Lipinski definition) is 1. The molecule has 0 aromatic rings. The van der Waals surface area contributed by atoms with E-state index < -0.39 is 8.80 Å². The molecule has 0 saturated carbocycles. The van der Waals surface area contributed by atoms with E-state index in [4.69, 9.17) is 19.0 Å². The van der Waals surface area contributed by atoms with Crippen LogP contribution in [0.2, 0.25) is 0 Å². The summed E-state index contributed by atoms with van der Waals surface area (Å²) in [6, 6.07) is 0. The van der Waals surface area contributed by atoms with Gasteiger partial charge < -0.3 is 23.9 Å².